The highest BCUT2D eigenvalue weighted by molar-refractivity contribution is 14.0. The molecule has 0 aromatic heterocycles. The minimum Gasteiger partial charge on any atom is -0.454 e. The summed E-state index contributed by atoms with van der Waals surface area (Å²) in [6, 6.07) is 3.02. The standard InChI is InChI=1S/C15H21F2N3O4.HI/c1-18-15(19-4-3-5-21-2)20-8-10-6-12-13(23-9-22-12)7-11(10)24-14(16)17;/h6-7,14H,3-5,8-9H2,1-2H3,(H2,18,19,20);1H. The Labute approximate surface area is 162 Å². The SMILES string of the molecule is CN=C(NCCCOC)NCc1cc2c(cc1OC(F)F)OCO2.I. The number of halogens is 3. The van der Waals surface area contributed by atoms with Crippen LogP contribution in [0.15, 0.2) is 17.1 Å². The first-order valence-electron chi connectivity index (χ1n) is 7.44. The number of nitrogens with one attached hydrogen (secondary N) is 2. The molecule has 0 unspecified atom stereocenters. The van der Waals surface area contributed by atoms with Gasteiger partial charge in [-0.25, -0.2) is 0 Å². The molecule has 25 heavy (non-hydrogen) atoms. The van der Waals surface area contributed by atoms with E-state index in [9.17, 15) is 8.78 Å². The Morgan fingerprint density at radius 2 is 2.00 bits per heavy atom. The number of guanidine groups is 1. The van der Waals surface area contributed by atoms with Gasteiger partial charge in [0, 0.05) is 45.5 Å². The summed E-state index contributed by atoms with van der Waals surface area (Å²) in [6.07, 6.45) is 0.820. The molecule has 0 atom stereocenters. The van der Waals surface area contributed by atoms with E-state index in [2.05, 4.69) is 20.4 Å². The zero-order chi connectivity index (χ0) is 17.4. The molecule has 1 aliphatic heterocycles. The lowest BCUT2D eigenvalue weighted by molar-refractivity contribution is -0.0505. The Morgan fingerprint density at radius 1 is 1.28 bits per heavy atom. The van der Waals surface area contributed by atoms with E-state index in [4.69, 9.17) is 14.2 Å². The van der Waals surface area contributed by atoms with E-state index >= 15 is 0 Å². The highest BCUT2D eigenvalue weighted by atomic mass is 127. The molecule has 1 aromatic carbocycles. The van der Waals surface area contributed by atoms with Gasteiger partial charge < -0.3 is 29.6 Å². The Balaban J connectivity index is 0.00000312. The molecule has 7 nitrogen and oxygen atoms in total. The fourth-order valence-corrected chi connectivity index (χ4v) is 2.13. The summed E-state index contributed by atoms with van der Waals surface area (Å²) in [7, 11) is 3.26. The van der Waals surface area contributed by atoms with Crippen molar-refractivity contribution in [1.29, 1.82) is 0 Å². The van der Waals surface area contributed by atoms with Crippen LogP contribution in [-0.2, 0) is 11.3 Å². The molecule has 2 N–H and O–H groups in total. The minimum absolute atomic E-state index is 0. The zero-order valence-corrected chi connectivity index (χ0v) is 16.3. The van der Waals surface area contributed by atoms with Crippen molar-refractivity contribution >= 4 is 29.9 Å². The lowest BCUT2D eigenvalue weighted by Gasteiger charge is -2.15. The van der Waals surface area contributed by atoms with Crippen LogP contribution in [-0.4, -0.2) is 46.7 Å². The van der Waals surface area contributed by atoms with Crippen LogP contribution in [0.3, 0.4) is 0 Å². The molecule has 0 saturated carbocycles. The number of methoxy groups -OCH3 is 1. The molecule has 1 aliphatic rings. The average Bonchev–Trinajstić information content (AvgIpc) is 3.00. The van der Waals surface area contributed by atoms with Gasteiger partial charge in [0.25, 0.3) is 0 Å². The molecule has 10 heteroatoms. The summed E-state index contributed by atoms with van der Waals surface area (Å²) < 4.78 is 45.2. The summed E-state index contributed by atoms with van der Waals surface area (Å²) >= 11 is 0. The van der Waals surface area contributed by atoms with Gasteiger partial charge in [0.15, 0.2) is 17.5 Å². The van der Waals surface area contributed by atoms with E-state index in [0.717, 1.165) is 6.42 Å². The predicted octanol–water partition coefficient (Wildman–Crippen LogP) is 2.34. The van der Waals surface area contributed by atoms with Crippen molar-refractivity contribution in [3.63, 3.8) is 0 Å². The van der Waals surface area contributed by atoms with E-state index in [1.807, 2.05) is 0 Å². The zero-order valence-electron chi connectivity index (χ0n) is 14.0. The Morgan fingerprint density at radius 3 is 2.64 bits per heavy atom. The Kier molecular flexibility index (Phi) is 9.57. The van der Waals surface area contributed by atoms with E-state index in [1.165, 1.54) is 6.07 Å². The molecule has 142 valence electrons. The molecule has 0 fully saturated rings. The maximum atomic E-state index is 12.6. The molecular formula is C15H22F2IN3O4. The second-order valence-electron chi connectivity index (χ2n) is 4.89. The Hall–Kier alpha value is -1.56. The van der Waals surface area contributed by atoms with Crippen molar-refractivity contribution < 1.29 is 27.7 Å². The van der Waals surface area contributed by atoms with Gasteiger partial charge in [-0.1, -0.05) is 0 Å². The first kappa shape index (κ1) is 21.5. The van der Waals surface area contributed by atoms with Crippen molar-refractivity contribution in [2.75, 3.05) is 34.1 Å². The summed E-state index contributed by atoms with van der Waals surface area (Å²) in [4.78, 5) is 4.07. The van der Waals surface area contributed by atoms with Gasteiger partial charge in [-0.3, -0.25) is 4.99 Å². The van der Waals surface area contributed by atoms with Gasteiger partial charge in [0.1, 0.15) is 5.75 Å². The molecule has 0 radical (unpaired) electrons. The van der Waals surface area contributed by atoms with Crippen LogP contribution in [0.2, 0.25) is 0 Å². The highest BCUT2D eigenvalue weighted by Crippen LogP contribution is 2.38. The third-order valence-electron chi connectivity index (χ3n) is 3.26. The van der Waals surface area contributed by atoms with Gasteiger partial charge in [-0.2, -0.15) is 8.78 Å². The van der Waals surface area contributed by atoms with Crippen molar-refractivity contribution in [3.05, 3.63) is 17.7 Å². The predicted molar refractivity (Wildman–Crippen MR) is 99.3 cm³/mol. The van der Waals surface area contributed by atoms with E-state index in [0.29, 0.717) is 36.2 Å². The molecule has 0 bridgehead atoms. The topological polar surface area (TPSA) is 73.3 Å². The smallest absolute Gasteiger partial charge is 0.387 e. The lowest BCUT2D eigenvalue weighted by Crippen LogP contribution is -2.37. The van der Waals surface area contributed by atoms with Gasteiger partial charge in [-0.15, -0.1) is 24.0 Å². The third-order valence-corrected chi connectivity index (χ3v) is 3.26. The van der Waals surface area contributed by atoms with Crippen LogP contribution in [0.4, 0.5) is 8.78 Å². The third kappa shape index (κ3) is 6.69. The average molecular weight is 473 g/mol. The van der Waals surface area contributed by atoms with Crippen LogP contribution in [0, 0.1) is 0 Å². The van der Waals surface area contributed by atoms with Crippen LogP contribution < -0.4 is 24.8 Å². The number of hydrogen-bond donors (Lipinski definition) is 2. The van der Waals surface area contributed by atoms with Gasteiger partial charge in [0.05, 0.1) is 0 Å². The molecular weight excluding hydrogens is 451 g/mol. The van der Waals surface area contributed by atoms with Crippen LogP contribution >= 0.6 is 24.0 Å². The van der Waals surface area contributed by atoms with Crippen molar-refractivity contribution in [2.24, 2.45) is 4.99 Å². The minimum atomic E-state index is -2.92. The lowest BCUT2D eigenvalue weighted by atomic mass is 10.1. The molecule has 2 rings (SSSR count). The van der Waals surface area contributed by atoms with Gasteiger partial charge in [-0.05, 0) is 12.5 Å². The first-order chi connectivity index (χ1) is 11.6. The summed E-state index contributed by atoms with van der Waals surface area (Å²) in [5.74, 6) is 1.47. The largest absolute Gasteiger partial charge is 0.454 e. The summed E-state index contributed by atoms with van der Waals surface area (Å²) in [5.41, 5.74) is 0.513. The van der Waals surface area contributed by atoms with E-state index in [-0.39, 0.29) is 43.1 Å². The number of fused-ring (bicyclic) bond motifs is 1. The van der Waals surface area contributed by atoms with Crippen molar-refractivity contribution in [3.8, 4) is 17.2 Å². The molecule has 0 amide bonds. The Bertz CT molecular complexity index is 576. The van der Waals surface area contributed by atoms with E-state index < -0.39 is 6.61 Å². The van der Waals surface area contributed by atoms with Gasteiger partial charge >= 0.3 is 6.61 Å². The number of aliphatic imine (C=N–C) groups is 1. The molecule has 1 aromatic rings. The number of nitrogens with zero attached hydrogens (tertiary/aromatic N) is 1. The summed E-state index contributed by atoms with van der Waals surface area (Å²) in [5, 5.41) is 6.15. The monoisotopic (exact) mass is 473 g/mol. The van der Waals surface area contributed by atoms with Gasteiger partial charge in [0.2, 0.25) is 6.79 Å². The maximum absolute atomic E-state index is 12.6. The van der Waals surface area contributed by atoms with Crippen molar-refractivity contribution in [1.82, 2.24) is 10.6 Å². The maximum Gasteiger partial charge on any atom is 0.387 e. The number of alkyl halides is 2. The quantitative estimate of drug-likeness (QED) is 0.262. The van der Waals surface area contributed by atoms with E-state index in [1.54, 1.807) is 20.2 Å². The van der Waals surface area contributed by atoms with Crippen LogP contribution in [0.5, 0.6) is 17.2 Å². The number of hydrogen-bond acceptors (Lipinski definition) is 5. The first-order valence-corrected chi connectivity index (χ1v) is 7.44. The number of rotatable bonds is 8. The second-order valence-corrected chi connectivity index (χ2v) is 4.89. The second kappa shape index (κ2) is 11.1. The number of ether oxygens (including phenoxy) is 4. The molecule has 0 saturated heterocycles. The van der Waals surface area contributed by atoms with Crippen LogP contribution in [0.1, 0.15) is 12.0 Å². The number of benzene rings is 1. The molecule has 0 spiro atoms. The molecule has 1 heterocycles. The normalized spacial score (nSPS) is 12.8. The van der Waals surface area contributed by atoms with Crippen molar-refractivity contribution in [2.45, 2.75) is 19.6 Å². The van der Waals surface area contributed by atoms with Crippen LogP contribution in [0.25, 0.3) is 0 Å². The summed E-state index contributed by atoms with van der Waals surface area (Å²) in [6.45, 7) is -1.31. The highest BCUT2D eigenvalue weighted by Gasteiger charge is 2.20. The molecule has 0 aliphatic carbocycles. The fourth-order valence-electron chi connectivity index (χ4n) is 2.13. The fraction of sp³-hybridized carbons (Fsp3) is 0.533.